The summed E-state index contributed by atoms with van der Waals surface area (Å²) in [4.78, 5) is 49.6. The summed E-state index contributed by atoms with van der Waals surface area (Å²) in [5.41, 5.74) is 0.663. The molecule has 0 radical (unpaired) electrons. The molecule has 3 aliphatic heterocycles. The monoisotopic (exact) mass is 518 g/mol. The van der Waals surface area contributed by atoms with Gasteiger partial charge in [0.25, 0.3) is 0 Å². The van der Waals surface area contributed by atoms with Crippen LogP contribution >= 0.6 is 0 Å². The number of amides is 2. The van der Waals surface area contributed by atoms with Crippen LogP contribution in [0.2, 0.25) is 0 Å². The third kappa shape index (κ3) is 4.28. The van der Waals surface area contributed by atoms with E-state index in [2.05, 4.69) is 33.9 Å². The number of nitrogens with zero attached hydrogens (tertiary/aromatic N) is 7. The normalized spacial score (nSPS) is 24.7. The summed E-state index contributed by atoms with van der Waals surface area (Å²) in [5, 5.41) is 3.28. The zero-order valence-corrected chi connectivity index (χ0v) is 22.7. The Kier molecular flexibility index (Phi) is 6.45. The number of hydrogen-bond donors (Lipinski definition) is 1. The molecular formula is C28H38N8O2. The molecule has 4 aliphatic rings. The second-order valence-corrected chi connectivity index (χ2v) is 11.5. The average molecular weight is 519 g/mol. The Morgan fingerprint density at radius 1 is 0.974 bits per heavy atom. The number of fused-ring (bicyclic) bond motifs is 1. The summed E-state index contributed by atoms with van der Waals surface area (Å²) in [7, 11) is 1.79. The molecule has 0 aromatic carbocycles. The van der Waals surface area contributed by atoms with Gasteiger partial charge < -0.3 is 15.1 Å². The van der Waals surface area contributed by atoms with Crippen molar-refractivity contribution in [1.29, 1.82) is 0 Å². The van der Waals surface area contributed by atoms with Crippen LogP contribution in [0.15, 0.2) is 24.5 Å². The highest BCUT2D eigenvalue weighted by atomic mass is 16.2. The number of carbonyl (C=O) groups is 2. The zero-order valence-electron chi connectivity index (χ0n) is 22.7. The van der Waals surface area contributed by atoms with Crippen molar-refractivity contribution in [1.82, 2.24) is 24.8 Å². The van der Waals surface area contributed by atoms with Crippen LogP contribution in [0.25, 0.3) is 0 Å². The Hall–Kier alpha value is -3.27. The molecule has 1 unspecified atom stereocenters. The Bertz CT molecular complexity index is 1200. The maximum Gasteiger partial charge on any atom is 0.244 e. The Morgan fingerprint density at radius 3 is 2.37 bits per heavy atom. The molecule has 1 saturated carbocycles. The van der Waals surface area contributed by atoms with Gasteiger partial charge in [0.1, 0.15) is 17.1 Å². The lowest BCUT2D eigenvalue weighted by Gasteiger charge is -2.41. The molecule has 2 saturated heterocycles. The van der Waals surface area contributed by atoms with Crippen LogP contribution in [0, 0.1) is 5.41 Å². The van der Waals surface area contributed by atoms with Crippen molar-refractivity contribution >= 4 is 35.1 Å². The maximum atomic E-state index is 14.0. The smallest absolute Gasteiger partial charge is 0.244 e. The van der Waals surface area contributed by atoms with Crippen molar-refractivity contribution in [3.63, 3.8) is 0 Å². The summed E-state index contributed by atoms with van der Waals surface area (Å²) in [6.07, 6.45) is 8.58. The van der Waals surface area contributed by atoms with Gasteiger partial charge >= 0.3 is 0 Å². The topological polar surface area (TPSA) is 97.8 Å². The van der Waals surface area contributed by atoms with E-state index in [1.807, 2.05) is 23.2 Å². The highest BCUT2D eigenvalue weighted by molar-refractivity contribution is 6.14. The van der Waals surface area contributed by atoms with Gasteiger partial charge in [0.2, 0.25) is 17.8 Å². The molecule has 3 fully saturated rings. The second kappa shape index (κ2) is 9.80. The molecule has 6 rings (SSSR count). The summed E-state index contributed by atoms with van der Waals surface area (Å²) >= 11 is 0. The Labute approximate surface area is 224 Å². The predicted octanol–water partition coefficient (Wildman–Crippen LogP) is 2.83. The van der Waals surface area contributed by atoms with Gasteiger partial charge in [-0.2, -0.15) is 4.98 Å². The van der Waals surface area contributed by atoms with Gasteiger partial charge in [-0.05, 0) is 45.2 Å². The number of aromatic nitrogens is 3. The first-order valence-corrected chi connectivity index (χ1v) is 14.0. The zero-order chi connectivity index (χ0) is 26.4. The molecule has 10 heteroatoms. The van der Waals surface area contributed by atoms with Crippen LogP contribution in [0.3, 0.4) is 0 Å². The van der Waals surface area contributed by atoms with Crippen molar-refractivity contribution < 1.29 is 9.59 Å². The summed E-state index contributed by atoms with van der Waals surface area (Å²) in [6, 6.07) is 4.68. The largest absolute Gasteiger partial charge is 0.354 e. The van der Waals surface area contributed by atoms with Crippen molar-refractivity contribution in [2.45, 2.75) is 64.5 Å². The molecule has 5 heterocycles. The highest BCUT2D eigenvalue weighted by Gasteiger charge is 2.57. The molecule has 2 amide bonds. The minimum Gasteiger partial charge on any atom is -0.354 e. The van der Waals surface area contributed by atoms with E-state index in [1.165, 1.54) is 0 Å². The van der Waals surface area contributed by atoms with Gasteiger partial charge in [-0.15, -0.1) is 0 Å². The van der Waals surface area contributed by atoms with E-state index in [0.29, 0.717) is 37.2 Å². The van der Waals surface area contributed by atoms with E-state index in [4.69, 9.17) is 9.97 Å². The minimum absolute atomic E-state index is 0.0740. The lowest BCUT2D eigenvalue weighted by atomic mass is 9.76. The maximum absolute atomic E-state index is 14.0. The van der Waals surface area contributed by atoms with E-state index in [9.17, 15) is 9.59 Å². The Morgan fingerprint density at radius 2 is 1.74 bits per heavy atom. The second-order valence-electron chi connectivity index (χ2n) is 11.5. The fourth-order valence-electron chi connectivity index (χ4n) is 6.56. The van der Waals surface area contributed by atoms with E-state index in [-0.39, 0.29) is 17.9 Å². The first kappa shape index (κ1) is 25.0. The van der Waals surface area contributed by atoms with Gasteiger partial charge in [0.15, 0.2) is 0 Å². The first-order chi connectivity index (χ1) is 18.4. The highest BCUT2D eigenvalue weighted by Crippen LogP contribution is 2.46. The van der Waals surface area contributed by atoms with Gasteiger partial charge in [-0.3, -0.25) is 19.4 Å². The molecule has 2 aromatic rings. The molecule has 1 atom stereocenters. The standard InChI is InChI=1S/C28H38N8O2/c1-19(2)34-12-14-35(15-13-34)23-9-8-21(18-29-23)31-27-30-17-20-16-28(10-11-33(3)25(28)37)26(38)36(24(20)32-27)22-6-4-5-7-22/h8-9,17-19,22H,4-7,10-16H2,1-3H3,(H,30,31,32). The SMILES string of the molecule is CC(C)N1CCN(c2ccc(Nc3ncc4c(n3)N(C3CCCC3)C(=O)C3(CCN(C)C3=O)C4)cn2)CC1. The molecular weight excluding hydrogens is 480 g/mol. The first-order valence-electron chi connectivity index (χ1n) is 14.0. The van der Waals surface area contributed by atoms with Crippen LogP contribution in [-0.2, 0) is 16.0 Å². The lowest BCUT2D eigenvalue weighted by Crippen LogP contribution is -2.56. The van der Waals surface area contributed by atoms with Gasteiger partial charge in [-0.25, -0.2) is 9.97 Å². The van der Waals surface area contributed by atoms with Crippen molar-refractivity contribution in [2.24, 2.45) is 5.41 Å². The van der Waals surface area contributed by atoms with Crippen LogP contribution in [0.1, 0.15) is 51.5 Å². The molecule has 1 N–H and O–H groups in total. The number of hydrogen-bond acceptors (Lipinski definition) is 8. The third-order valence-electron chi connectivity index (χ3n) is 8.88. The number of carbonyl (C=O) groups excluding carboxylic acids is 2. The van der Waals surface area contributed by atoms with Gasteiger partial charge in [-0.1, -0.05) is 12.8 Å². The predicted molar refractivity (Wildman–Crippen MR) is 147 cm³/mol. The fourth-order valence-corrected chi connectivity index (χ4v) is 6.56. The molecule has 10 nitrogen and oxygen atoms in total. The number of rotatable bonds is 5. The Balaban J connectivity index is 1.22. The van der Waals surface area contributed by atoms with E-state index in [1.54, 1.807) is 18.1 Å². The molecule has 38 heavy (non-hydrogen) atoms. The number of anilines is 4. The molecule has 2 aromatic heterocycles. The lowest BCUT2D eigenvalue weighted by molar-refractivity contribution is -0.144. The van der Waals surface area contributed by atoms with Gasteiger partial charge in [0, 0.05) is 70.0 Å². The van der Waals surface area contributed by atoms with Crippen molar-refractivity contribution in [2.75, 3.05) is 54.9 Å². The number of piperazine rings is 1. The van der Waals surface area contributed by atoms with E-state index in [0.717, 1.165) is 68.9 Å². The average Bonchev–Trinajstić information content (AvgIpc) is 3.55. The number of pyridine rings is 1. The fraction of sp³-hybridized carbons (Fsp3) is 0.607. The van der Waals surface area contributed by atoms with Crippen LogP contribution in [-0.4, -0.2) is 88.4 Å². The van der Waals surface area contributed by atoms with E-state index >= 15 is 0 Å². The number of nitrogens with one attached hydrogen (secondary N) is 1. The molecule has 1 spiro atoms. The minimum atomic E-state index is -1.01. The molecule has 1 aliphatic carbocycles. The summed E-state index contributed by atoms with van der Waals surface area (Å²) in [6.45, 7) is 9.11. The van der Waals surface area contributed by atoms with E-state index < -0.39 is 5.41 Å². The number of likely N-dealkylation sites (tertiary alicyclic amines) is 1. The molecule has 202 valence electrons. The summed E-state index contributed by atoms with van der Waals surface area (Å²) < 4.78 is 0. The molecule has 0 bridgehead atoms. The van der Waals surface area contributed by atoms with Crippen LogP contribution in [0.4, 0.5) is 23.3 Å². The van der Waals surface area contributed by atoms with Crippen molar-refractivity contribution in [3.8, 4) is 0 Å². The van der Waals surface area contributed by atoms with Gasteiger partial charge in [0.05, 0.1) is 11.9 Å². The quantitative estimate of drug-likeness (QED) is 0.604. The van der Waals surface area contributed by atoms with Crippen LogP contribution < -0.4 is 15.1 Å². The summed E-state index contributed by atoms with van der Waals surface area (Å²) in [5.74, 6) is 1.90. The van der Waals surface area contributed by atoms with Crippen molar-refractivity contribution in [3.05, 3.63) is 30.1 Å². The van der Waals surface area contributed by atoms with Crippen LogP contribution in [0.5, 0.6) is 0 Å². The third-order valence-corrected chi connectivity index (χ3v) is 8.88.